The molecular formula is C22H28ClN3O3. The first-order valence-corrected chi connectivity index (χ1v) is 10.6. The van der Waals surface area contributed by atoms with Crippen LogP contribution in [0.2, 0.25) is 5.02 Å². The van der Waals surface area contributed by atoms with Crippen LogP contribution in [-0.4, -0.2) is 73.3 Å². The number of carbonyl (C=O) groups excluding carboxylic acids is 1. The third-order valence-electron chi connectivity index (χ3n) is 5.90. The van der Waals surface area contributed by atoms with Crippen molar-refractivity contribution in [3.05, 3.63) is 47.2 Å². The SMILES string of the molecule is COc1cc(-n2cccc2)c(Cl)cc1C(=O)N1CCC(CN2CCOCC2)CC1. The van der Waals surface area contributed by atoms with Gasteiger partial charge >= 0.3 is 0 Å². The molecular weight excluding hydrogens is 390 g/mol. The second-order valence-electron chi connectivity index (χ2n) is 7.74. The van der Waals surface area contributed by atoms with E-state index in [1.807, 2.05) is 40.1 Å². The summed E-state index contributed by atoms with van der Waals surface area (Å²) in [6, 6.07) is 7.44. The molecule has 156 valence electrons. The Hall–Kier alpha value is -2.02. The fourth-order valence-electron chi connectivity index (χ4n) is 4.21. The van der Waals surface area contributed by atoms with Crippen molar-refractivity contribution in [3.63, 3.8) is 0 Å². The summed E-state index contributed by atoms with van der Waals surface area (Å²) in [6.45, 7) is 6.34. The van der Waals surface area contributed by atoms with Gasteiger partial charge in [-0.05, 0) is 37.0 Å². The smallest absolute Gasteiger partial charge is 0.257 e. The van der Waals surface area contributed by atoms with Gasteiger partial charge in [0.15, 0.2) is 0 Å². The number of benzene rings is 1. The number of methoxy groups -OCH3 is 1. The van der Waals surface area contributed by atoms with Crippen LogP contribution in [0.4, 0.5) is 0 Å². The molecule has 7 heteroatoms. The summed E-state index contributed by atoms with van der Waals surface area (Å²) in [5, 5.41) is 0.535. The van der Waals surface area contributed by atoms with Crippen molar-refractivity contribution in [2.75, 3.05) is 53.0 Å². The summed E-state index contributed by atoms with van der Waals surface area (Å²) >= 11 is 6.50. The third kappa shape index (κ3) is 4.60. The van der Waals surface area contributed by atoms with Crippen molar-refractivity contribution >= 4 is 17.5 Å². The highest BCUT2D eigenvalue weighted by Crippen LogP contribution is 2.32. The topological polar surface area (TPSA) is 46.9 Å². The van der Waals surface area contributed by atoms with Gasteiger partial charge in [0.1, 0.15) is 5.75 Å². The van der Waals surface area contributed by atoms with Crippen LogP contribution in [-0.2, 0) is 4.74 Å². The highest BCUT2D eigenvalue weighted by molar-refractivity contribution is 6.33. The number of morpholine rings is 1. The molecule has 4 rings (SSSR count). The number of likely N-dealkylation sites (tertiary alicyclic amines) is 1. The van der Waals surface area contributed by atoms with Crippen molar-refractivity contribution in [2.45, 2.75) is 12.8 Å². The molecule has 0 unspecified atom stereocenters. The molecule has 0 N–H and O–H groups in total. The van der Waals surface area contributed by atoms with Crippen LogP contribution in [0.3, 0.4) is 0 Å². The van der Waals surface area contributed by atoms with E-state index in [9.17, 15) is 4.79 Å². The number of amides is 1. The number of rotatable bonds is 5. The van der Waals surface area contributed by atoms with E-state index in [2.05, 4.69) is 4.90 Å². The fourth-order valence-corrected chi connectivity index (χ4v) is 4.47. The Kier molecular flexibility index (Phi) is 6.43. The van der Waals surface area contributed by atoms with E-state index >= 15 is 0 Å². The number of halogens is 1. The minimum Gasteiger partial charge on any atom is -0.496 e. The standard InChI is InChI=1S/C22H28ClN3O3/c1-28-21-15-20(25-6-2-3-7-25)19(23)14-18(21)22(27)26-8-4-17(5-9-26)16-24-10-12-29-13-11-24/h2-3,6-7,14-15,17H,4-5,8-13,16H2,1H3. The molecule has 2 aromatic rings. The molecule has 0 bridgehead atoms. The predicted octanol–water partition coefficient (Wildman–Crippen LogP) is 3.32. The summed E-state index contributed by atoms with van der Waals surface area (Å²) in [7, 11) is 1.59. The highest BCUT2D eigenvalue weighted by atomic mass is 35.5. The molecule has 1 aromatic heterocycles. The maximum Gasteiger partial charge on any atom is 0.257 e. The van der Waals surface area contributed by atoms with Gasteiger partial charge in [-0.25, -0.2) is 0 Å². The highest BCUT2D eigenvalue weighted by Gasteiger charge is 2.27. The lowest BCUT2D eigenvalue weighted by molar-refractivity contribution is 0.0242. The maximum absolute atomic E-state index is 13.2. The average Bonchev–Trinajstić information content (AvgIpc) is 3.29. The van der Waals surface area contributed by atoms with Gasteiger partial charge in [0.05, 0.1) is 36.6 Å². The second-order valence-corrected chi connectivity index (χ2v) is 8.15. The fraction of sp³-hybridized carbons (Fsp3) is 0.500. The number of hydrogen-bond donors (Lipinski definition) is 0. The van der Waals surface area contributed by atoms with Crippen molar-refractivity contribution in [1.29, 1.82) is 0 Å². The summed E-state index contributed by atoms with van der Waals surface area (Å²) in [5.74, 6) is 1.19. The van der Waals surface area contributed by atoms with E-state index in [1.54, 1.807) is 13.2 Å². The quantitative estimate of drug-likeness (QED) is 0.748. The summed E-state index contributed by atoms with van der Waals surface area (Å²) in [4.78, 5) is 17.6. The second kappa shape index (κ2) is 9.20. The average molecular weight is 418 g/mol. The van der Waals surface area contributed by atoms with Crippen molar-refractivity contribution in [2.24, 2.45) is 5.92 Å². The molecule has 0 spiro atoms. The molecule has 1 amide bonds. The largest absolute Gasteiger partial charge is 0.496 e. The Morgan fingerprint density at radius 1 is 1.14 bits per heavy atom. The van der Waals surface area contributed by atoms with Crippen LogP contribution < -0.4 is 4.74 Å². The summed E-state index contributed by atoms with van der Waals surface area (Å²) in [6.07, 6.45) is 5.89. The van der Waals surface area contributed by atoms with Gasteiger partial charge in [-0.3, -0.25) is 9.69 Å². The Labute approximate surface area is 176 Å². The number of hydrogen-bond acceptors (Lipinski definition) is 4. The minimum atomic E-state index is -0.00683. The van der Waals surface area contributed by atoms with Gasteiger partial charge in [0.25, 0.3) is 5.91 Å². The molecule has 1 aromatic carbocycles. The minimum absolute atomic E-state index is 0.00683. The first-order chi connectivity index (χ1) is 14.2. The lowest BCUT2D eigenvalue weighted by Gasteiger charge is -2.36. The van der Waals surface area contributed by atoms with Gasteiger partial charge in [0, 0.05) is 51.2 Å². The van der Waals surface area contributed by atoms with E-state index in [4.69, 9.17) is 21.1 Å². The number of piperidine rings is 1. The third-order valence-corrected chi connectivity index (χ3v) is 6.21. The van der Waals surface area contributed by atoms with E-state index in [0.717, 1.165) is 64.5 Å². The number of aromatic nitrogens is 1. The van der Waals surface area contributed by atoms with Gasteiger partial charge < -0.3 is 18.9 Å². The van der Waals surface area contributed by atoms with Crippen LogP contribution in [0, 0.1) is 5.92 Å². The molecule has 0 atom stereocenters. The van der Waals surface area contributed by atoms with E-state index in [0.29, 0.717) is 22.3 Å². The Balaban J connectivity index is 1.42. The molecule has 2 aliphatic rings. The van der Waals surface area contributed by atoms with E-state index in [-0.39, 0.29) is 5.91 Å². The monoisotopic (exact) mass is 417 g/mol. The van der Waals surface area contributed by atoms with E-state index in [1.165, 1.54) is 0 Å². The molecule has 0 saturated carbocycles. The molecule has 0 radical (unpaired) electrons. The maximum atomic E-state index is 13.2. The Morgan fingerprint density at radius 2 is 1.83 bits per heavy atom. The van der Waals surface area contributed by atoms with Crippen LogP contribution in [0.5, 0.6) is 5.75 Å². The van der Waals surface area contributed by atoms with Gasteiger partial charge in [-0.15, -0.1) is 0 Å². The van der Waals surface area contributed by atoms with E-state index < -0.39 is 0 Å². The first-order valence-electron chi connectivity index (χ1n) is 10.3. The zero-order valence-corrected chi connectivity index (χ0v) is 17.6. The lowest BCUT2D eigenvalue weighted by Crippen LogP contribution is -2.44. The molecule has 2 fully saturated rings. The Bertz CT molecular complexity index is 826. The first kappa shape index (κ1) is 20.3. The Morgan fingerprint density at radius 3 is 2.48 bits per heavy atom. The zero-order valence-electron chi connectivity index (χ0n) is 16.8. The number of nitrogens with zero attached hydrogens (tertiary/aromatic N) is 3. The summed E-state index contributed by atoms with van der Waals surface area (Å²) < 4.78 is 12.9. The molecule has 2 saturated heterocycles. The van der Waals surface area contributed by atoms with Crippen LogP contribution in [0.25, 0.3) is 5.69 Å². The molecule has 6 nitrogen and oxygen atoms in total. The number of carbonyl (C=O) groups is 1. The van der Waals surface area contributed by atoms with Crippen molar-refractivity contribution in [3.8, 4) is 11.4 Å². The van der Waals surface area contributed by atoms with Gasteiger partial charge in [0.2, 0.25) is 0 Å². The lowest BCUT2D eigenvalue weighted by atomic mass is 9.95. The van der Waals surface area contributed by atoms with Gasteiger partial charge in [-0.1, -0.05) is 11.6 Å². The predicted molar refractivity (Wildman–Crippen MR) is 113 cm³/mol. The zero-order chi connectivity index (χ0) is 20.2. The molecule has 3 heterocycles. The van der Waals surface area contributed by atoms with Crippen LogP contribution in [0.1, 0.15) is 23.2 Å². The van der Waals surface area contributed by atoms with Crippen LogP contribution in [0.15, 0.2) is 36.7 Å². The van der Waals surface area contributed by atoms with Gasteiger partial charge in [-0.2, -0.15) is 0 Å². The number of ether oxygens (including phenoxy) is 2. The molecule has 2 aliphatic heterocycles. The van der Waals surface area contributed by atoms with Crippen molar-refractivity contribution in [1.82, 2.24) is 14.4 Å². The van der Waals surface area contributed by atoms with Crippen molar-refractivity contribution < 1.29 is 14.3 Å². The molecule has 29 heavy (non-hydrogen) atoms. The van der Waals surface area contributed by atoms with Crippen LogP contribution >= 0.6 is 11.6 Å². The molecule has 0 aliphatic carbocycles. The normalized spacial score (nSPS) is 18.8. The summed E-state index contributed by atoms with van der Waals surface area (Å²) in [5.41, 5.74) is 1.33.